The lowest BCUT2D eigenvalue weighted by atomic mass is 9.82. The number of hydrogen-bond acceptors (Lipinski definition) is 2. The van der Waals surface area contributed by atoms with Crippen LogP contribution in [0.4, 0.5) is 5.69 Å². The highest BCUT2D eigenvalue weighted by molar-refractivity contribution is 14.0. The average Bonchev–Trinajstić information content (AvgIpc) is 2.99. The summed E-state index contributed by atoms with van der Waals surface area (Å²) in [5.74, 6) is 2.84. The first-order chi connectivity index (χ1) is 11.2. The number of likely N-dealkylation sites (tertiary alicyclic amines) is 1. The van der Waals surface area contributed by atoms with E-state index >= 15 is 0 Å². The molecule has 1 aromatic rings. The van der Waals surface area contributed by atoms with E-state index in [1.807, 2.05) is 7.05 Å². The first-order valence-corrected chi connectivity index (χ1v) is 8.89. The van der Waals surface area contributed by atoms with Crippen LogP contribution in [-0.2, 0) is 6.54 Å². The first-order valence-electron chi connectivity index (χ1n) is 8.89. The molecule has 1 aromatic carbocycles. The molecule has 2 fully saturated rings. The molecule has 2 aliphatic rings. The van der Waals surface area contributed by atoms with Crippen molar-refractivity contribution in [2.45, 2.75) is 32.2 Å². The Labute approximate surface area is 163 Å². The van der Waals surface area contributed by atoms with E-state index in [0.29, 0.717) is 0 Å². The van der Waals surface area contributed by atoms with E-state index in [2.05, 4.69) is 58.5 Å². The van der Waals surface area contributed by atoms with Crippen LogP contribution < -0.4 is 10.2 Å². The Morgan fingerprint density at radius 2 is 1.88 bits per heavy atom. The fraction of sp³-hybridized carbons (Fsp3) is 0.632. The van der Waals surface area contributed by atoms with Crippen LogP contribution in [0.3, 0.4) is 0 Å². The minimum absolute atomic E-state index is 0. The Morgan fingerprint density at radius 3 is 2.46 bits per heavy atom. The Kier molecular flexibility index (Phi) is 7.19. The number of guanidine groups is 1. The van der Waals surface area contributed by atoms with Crippen LogP contribution in [0.1, 0.15) is 31.2 Å². The Bertz CT molecular complexity index is 544. The summed E-state index contributed by atoms with van der Waals surface area (Å²) in [6.07, 6.45) is 5.64. The SMILES string of the molecule is CN=C(NCc1cccc(N(C)C)c1)N1CC2CCCCC2C1.I. The van der Waals surface area contributed by atoms with E-state index in [-0.39, 0.29) is 24.0 Å². The van der Waals surface area contributed by atoms with Crippen molar-refractivity contribution in [3.63, 3.8) is 0 Å². The quantitative estimate of drug-likeness (QED) is 0.441. The molecule has 0 amide bonds. The maximum Gasteiger partial charge on any atom is 0.193 e. The summed E-state index contributed by atoms with van der Waals surface area (Å²) in [7, 11) is 6.06. The van der Waals surface area contributed by atoms with Gasteiger partial charge in [-0.15, -0.1) is 24.0 Å². The zero-order valence-corrected chi connectivity index (χ0v) is 17.5. The second-order valence-corrected chi connectivity index (χ2v) is 7.17. The van der Waals surface area contributed by atoms with Crippen LogP contribution in [0.15, 0.2) is 29.3 Å². The molecule has 2 atom stereocenters. The minimum atomic E-state index is 0. The van der Waals surface area contributed by atoms with E-state index in [9.17, 15) is 0 Å². The molecule has 4 nitrogen and oxygen atoms in total. The molecular formula is C19H31IN4. The van der Waals surface area contributed by atoms with Gasteiger partial charge in [-0.1, -0.05) is 25.0 Å². The number of aliphatic imine (C=N–C) groups is 1. The van der Waals surface area contributed by atoms with Crippen molar-refractivity contribution in [2.75, 3.05) is 39.1 Å². The molecule has 1 saturated heterocycles. The molecule has 134 valence electrons. The number of nitrogens with zero attached hydrogens (tertiary/aromatic N) is 3. The highest BCUT2D eigenvalue weighted by Crippen LogP contribution is 2.35. The highest BCUT2D eigenvalue weighted by atomic mass is 127. The van der Waals surface area contributed by atoms with Gasteiger partial charge in [0.15, 0.2) is 5.96 Å². The smallest absolute Gasteiger partial charge is 0.193 e. The van der Waals surface area contributed by atoms with Crippen molar-refractivity contribution in [1.82, 2.24) is 10.2 Å². The van der Waals surface area contributed by atoms with Crippen molar-refractivity contribution in [1.29, 1.82) is 0 Å². The number of rotatable bonds is 3. The normalized spacial score (nSPS) is 23.5. The Balaban J connectivity index is 0.00000208. The van der Waals surface area contributed by atoms with Gasteiger partial charge < -0.3 is 15.1 Å². The van der Waals surface area contributed by atoms with E-state index in [1.165, 1.54) is 50.0 Å². The molecule has 5 heteroatoms. The van der Waals surface area contributed by atoms with Crippen LogP contribution in [-0.4, -0.2) is 45.1 Å². The zero-order chi connectivity index (χ0) is 16.2. The topological polar surface area (TPSA) is 30.9 Å². The molecule has 24 heavy (non-hydrogen) atoms. The number of halogens is 1. The van der Waals surface area contributed by atoms with Gasteiger partial charge in [0.2, 0.25) is 0 Å². The number of benzene rings is 1. The lowest BCUT2D eigenvalue weighted by molar-refractivity contribution is 0.299. The van der Waals surface area contributed by atoms with Gasteiger partial charge in [0.1, 0.15) is 0 Å². The fourth-order valence-corrected chi connectivity index (χ4v) is 4.04. The van der Waals surface area contributed by atoms with Crippen molar-refractivity contribution in [3.8, 4) is 0 Å². The predicted molar refractivity (Wildman–Crippen MR) is 113 cm³/mol. The van der Waals surface area contributed by atoms with Crippen molar-refractivity contribution in [2.24, 2.45) is 16.8 Å². The molecule has 0 spiro atoms. The average molecular weight is 442 g/mol. The van der Waals surface area contributed by atoms with Gasteiger partial charge in [0, 0.05) is 46.5 Å². The molecule has 0 aromatic heterocycles. The number of fused-ring (bicyclic) bond motifs is 1. The molecule has 1 aliphatic heterocycles. The van der Waals surface area contributed by atoms with Crippen LogP contribution in [0.2, 0.25) is 0 Å². The third-order valence-electron chi connectivity index (χ3n) is 5.37. The standard InChI is InChI=1S/C19H30N4.HI/c1-20-19(23-13-16-8-4-5-9-17(16)14-23)21-12-15-7-6-10-18(11-15)22(2)3;/h6-7,10-11,16-17H,4-5,8-9,12-14H2,1-3H3,(H,20,21);1H. The molecule has 2 unspecified atom stereocenters. The zero-order valence-electron chi connectivity index (χ0n) is 15.2. The van der Waals surface area contributed by atoms with Crippen molar-refractivity contribution in [3.05, 3.63) is 29.8 Å². The molecule has 1 aliphatic carbocycles. The van der Waals surface area contributed by atoms with Crippen LogP contribution in [0.5, 0.6) is 0 Å². The number of anilines is 1. The van der Waals surface area contributed by atoms with Crippen LogP contribution >= 0.6 is 24.0 Å². The summed E-state index contributed by atoms with van der Waals surface area (Å²) in [6, 6.07) is 8.68. The molecular weight excluding hydrogens is 411 g/mol. The lowest BCUT2D eigenvalue weighted by Crippen LogP contribution is -2.39. The number of nitrogens with one attached hydrogen (secondary N) is 1. The molecule has 3 rings (SSSR count). The number of hydrogen-bond donors (Lipinski definition) is 1. The molecule has 1 heterocycles. The first kappa shape index (κ1) is 19.3. The molecule has 0 radical (unpaired) electrons. The lowest BCUT2D eigenvalue weighted by Gasteiger charge is -2.22. The predicted octanol–water partition coefficient (Wildman–Crippen LogP) is 3.57. The molecule has 1 saturated carbocycles. The molecule has 0 bridgehead atoms. The monoisotopic (exact) mass is 442 g/mol. The van der Waals surface area contributed by atoms with E-state index in [1.54, 1.807) is 0 Å². The Hall–Kier alpha value is -0.980. The van der Waals surface area contributed by atoms with Gasteiger partial charge in [-0.3, -0.25) is 4.99 Å². The van der Waals surface area contributed by atoms with Crippen molar-refractivity contribution < 1.29 is 0 Å². The summed E-state index contributed by atoms with van der Waals surface area (Å²) >= 11 is 0. The summed E-state index contributed by atoms with van der Waals surface area (Å²) in [5.41, 5.74) is 2.54. The van der Waals surface area contributed by atoms with Crippen molar-refractivity contribution >= 4 is 35.6 Å². The summed E-state index contributed by atoms with van der Waals surface area (Å²) in [5, 5.41) is 3.56. The van der Waals surface area contributed by atoms with Crippen LogP contribution in [0.25, 0.3) is 0 Å². The molecule has 1 N–H and O–H groups in total. The van der Waals surface area contributed by atoms with E-state index in [4.69, 9.17) is 0 Å². The van der Waals surface area contributed by atoms with E-state index in [0.717, 1.165) is 24.3 Å². The van der Waals surface area contributed by atoms with Gasteiger partial charge >= 0.3 is 0 Å². The van der Waals surface area contributed by atoms with E-state index < -0.39 is 0 Å². The maximum atomic E-state index is 4.52. The third kappa shape index (κ3) is 4.55. The van der Waals surface area contributed by atoms with Gasteiger partial charge in [-0.05, 0) is 42.4 Å². The second kappa shape index (κ2) is 8.92. The Morgan fingerprint density at radius 1 is 1.21 bits per heavy atom. The largest absolute Gasteiger partial charge is 0.378 e. The highest BCUT2D eigenvalue weighted by Gasteiger charge is 2.35. The third-order valence-corrected chi connectivity index (χ3v) is 5.37. The maximum absolute atomic E-state index is 4.52. The summed E-state index contributed by atoms with van der Waals surface area (Å²) in [6.45, 7) is 3.20. The summed E-state index contributed by atoms with van der Waals surface area (Å²) < 4.78 is 0. The summed E-state index contributed by atoms with van der Waals surface area (Å²) in [4.78, 5) is 9.13. The van der Waals surface area contributed by atoms with Gasteiger partial charge in [0.05, 0.1) is 0 Å². The van der Waals surface area contributed by atoms with Gasteiger partial charge in [-0.2, -0.15) is 0 Å². The van der Waals surface area contributed by atoms with Gasteiger partial charge in [-0.25, -0.2) is 0 Å². The fourth-order valence-electron chi connectivity index (χ4n) is 4.04. The van der Waals surface area contributed by atoms with Gasteiger partial charge in [0.25, 0.3) is 0 Å². The van der Waals surface area contributed by atoms with Crippen LogP contribution in [0, 0.1) is 11.8 Å². The second-order valence-electron chi connectivity index (χ2n) is 7.17. The minimum Gasteiger partial charge on any atom is -0.378 e.